The van der Waals surface area contributed by atoms with Crippen LogP contribution in [0, 0.1) is 6.92 Å². The molecule has 108 valence electrons. The molecule has 0 atom stereocenters. The fourth-order valence-electron chi connectivity index (χ4n) is 2.22. The molecule has 1 amide bonds. The second kappa shape index (κ2) is 6.29. The third kappa shape index (κ3) is 3.52. The Hall–Kier alpha value is -1.52. The Balaban J connectivity index is 2.11. The van der Waals surface area contributed by atoms with Crippen LogP contribution in [0.1, 0.15) is 11.3 Å². The Labute approximate surface area is 124 Å². The molecule has 0 aliphatic carbocycles. The molecule has 2 aromatic rings. The van der Waals surface area contributed by atoms with E-state index in [2.05, 4.69) is 10.3 Å². The Morgan fingerprint density at radius 2 is 2.15 bits per heavy atom. The van der Waals surface area contributed by atoms with Crippen LogP contribution in [0.3, 0.4) is 0 Å². The second-order valence-electron chi connectivity index (χ2n) is 5.25. The fourth-order valence-corrected chi connectivity index (χ4v) is 2.40. The van der Waals surface area contributed by atoms with Crippen molar-refractivity contribution >= 4 is 28.4 Å². The Morgan fingerprint density at radius 3 is 2.85 bits per heavy atom. The number of fused-ring (bicyclic) bond motifs is 1. The van der Waals surface area contributed by atoms with Crippen molar-refractivity contribution in [3.05, 3.63) is 34.5 Å². The van der Waals surface area contributed by atoms with Crippen LogP contribution in [0.4, 0.5) is 0 Å². The molecule has 0 spiro atoms. The van der Waals surface area contributed by atoms with E-state index in [1.54, 1.807) is 0 Å². The number of aromatic amines is 1. The summed E-state index contributed by atoms with van der Waals surface area (Å²) in [6, 6.07) is 5.70. The molecule has 0 aliphatic rings. The van der Waals surface area contributed by atoms with Gasteiger partial charge in [0.1, 0.15) is 0 Å². The summed E-state index contributed by atoms with van der Waals surface area (Å²) in [5, 5.41) is 4.64. The molecule has 20 heavy (non-hydrogen) atoms. The minimum absolute atomic E-state index is 0.0378. The number of hydrogen-bond donors (Lipinski definition) is 2. The molecule has 0 aliphatic heterocycles. The highest BCUT2D eigenvalue weighted by molar-refractivity contribution is 6.31. The topological polar surface area (TPSA) is 48.1 Å². The Morgan fingerprint density at radius 1 is 1.40 bits per heavy atom. The molecule has 1 aromatic carbocycles. The first-order valence-electron chi connectivity index (χ1n) is 6.65. The maximum Gasteiger partial charge on any atom is 0.224 e. The van der Waals surface area contributed by atoms with Crippen molar-refractivity contribution in [2.45, 2.75) is 13.3 Å². The van der Waals surface area contributed by atoms with Gasteiger partial charge in [0.25, 0.3) is 0 Å². The van der Waals surface area contributed by atoms with Gasteiger partial charge < -0.3 is 15.2 Å². The van der Waals surface area contributed by atoms with Gasteiger partial charge in [0, 0.05) is 34.7 Å². The predicted octanol–water partition coefficient (Wildman–Crippen LogP) is 2.35. The van der Waals surface area contributed by atoms with Crippen molar-refractivity contribution in [3.8, 4) is 0 Å². The van der Waals surface area contributed by atoms with Crippen molar-refractivity contribution in [1.82, 2.24) is 15.2 Å². The molecule has 0 radical (unpaired) electrons. The number of nitrogens with one attached hydrogen (secondary N) is 2. The minimum Gasteiger partial charge on any atom is -0.358 e. The predicted molar refractivity (Wildman–Crippen MR) is 83.3 cm³/mol. The number of hydrogen-bond acceptors (Lipinski definition) is 2. The van der Waals surface area contributed by atoms with Gasteiger partial charge in [-0.2, -0.15) is 0 Å². The maximum atomic E-state index is 12.0. The second-order valence-corrected chi connectivity index (χ2v) is 5.68. The Kier molecular flexibility index (Phi) is 4.68. The van der Waals surface area contributed by atoms with Gasteiger partial charge in [0.15, 0.2) is 0 Å². The molecule has 1 aromatic heterocycles. The SMILES string of the molecule is Cc1[nH]c2ccc(Cl)cc2c1CC(=O)NCCN(C)C. The van der Waals surface area contributed by atoms with Crippen LogP contribution in [0.5, 0.6) is 0 Å². The summed E-state index contributed by atoms with van der Waals surface area (Å²) in [6.07, 6.45) is 0.375. The summed E-state index contributed by atoms with van der Waals surface area (Å²) in [5.74, 6) is 0.0378. The van der Waals surface area contributed by atoms with Crippen molar-refractivity contribution < 1.29 is 4.79 Å². The third-order valence-corrected chi connectivity index (χ3v) is 3.54. The average molecular weight is 294 g/mol. The van der Waals surface area contributed by atoms with Crippen LogP contribution in [0.15, 0.2) is 18.2 Å². The van der Waals surface area contributed by atoms with Gasteiger partial charge in [-0.3, -0.25) is 4.79 Å². The van der Waals surface area contributed by atoms with Gasteiger partial charge in [-0.25, -0.2) is 0 Å². The van der Waals surface area contributed by atoms with Crippen LogP contribution >= 0.6 is 11.6 Å². The summed E-state index contributed by atoms with van der Waals surface area (Å²) in [4.78, 5) is 17.3. The van der Waals surface area contributed by atoms with E-state index in [4.69, 9.17) is 11.6 Å². The average Bonchev–Trinajstić information content (AvgIpc) is 2.65. The molecule has 4 nitrogen and oxygen atoms in total. The quantitative estimate of drug-likeness (QED) is 0.889. The summed E-state index contributed by atoms with van der Waals surface area (Å²) in [6.45, 7) is 3.48. The number of carbonyl (C=O) groups is 1. The number of H-pyrrole nitrogens is 1. The lowest BCUT2D eigenvalue weighted by atomic mass is 10.1. The first kappa shape index (κ1) is 14.9. The first-order valence-corrected chi connectivity index (χ1v) is 7.03. The van der Waals surface area contributed by atoms with Crippen molar-refractivity contribution in [2.75, 3.05) is 27.2 Å². The van der Waals surface area contributed by atoms with Crippen LogP contribution in [-0.4, -0.2) is 43.0 Å². The number of rotatable bonds is 5. The van der Waals surface area contributed by atoms with Crippen molar-refractivity contribution in [3.63, 3.8) is 0 Å². The highest BCUT2D eigenvalue weighted by Gasteiger charge is 2.12. The lowest BCUT2D eigenvalue weighted by molar-refractivity contribution is -0.120. The van der Waals surface area contributed by atoms with E-state index >= 15 is 0 Å². The summed E-state index contributed by atoms with van der Waals surface area (Å²) >= 11 is 6.03. The van der Waals surface area contributed by atoms with Crippen LogP contribution < -0.4 is 5.32 Å². The van der Waals surface area contributed by atoms with Crippen molar-refractivity contribution in [2.24, 2.45) is 0 Å². The van der Waals surface area contributed by atoms with Gasteiger partial charge in [0.05, 0.1) is 6.42 Å². The summed E-state index contributed by atoms with van der Waals surface area (Å²) in [5.41, 5.74) is 3.05. The minimum atomic E-state index is 0.0378. The van der Waals surface area contributed by atoms with E-state index in [9.17, 15) is 4.79 Å². The molecule has 2 N–H and O–H groups in total. The molecule has 0 unspecified atom stereocenters. The van der Waals surface area contributed by atoms with E-state index in [0.29, 0.717) is 18.0 Å². The number of benzene rings is 1. The van der Waals surface area contributed by atoms with E-state index in [0.717, 1.165) is 28.7 Å². The number of nitrogens with zero attached hydrogens (tertiary/aromatic N) is 1. The molecule has 5 heteroatoms. The number of likely N-dealkylation sites (N-methyl/N-ethyl adjacent to an activating group) is 1. The van der Waals surface area contributed by atoms with Crippen LogP contribution in [-0.2, 0) is 11.2 Å². The molecular formula is C15H20ClN3O. The zero-order valence-electron chi connectivity index (χ0n) is 12.1. The molecule has 0 bridgehead atoms. The summed E-state index contributed by atoms with van der Waals surface area (Å²) in [7, 11) is 3.97. The van der Waals surface area contributed by atoms with Gasteiger partial charge in [0.2, 0.25) is 5.91 Å². The molecule has 0 fully saturated rings. The van der Waals surface area contributed by atoms with E-state index in [1.165, 1.54) is 0 Å². The number of halogens is 1. The lowest BCUT2D eigenvalue weighted by Gasteiger charge is -2.10. The normalized spacial score (nSPS) is 11.2. The van der Waals surface area contributed by atoms with Gasteiger partial charge >= 0.3 is 0 Å². The van der Waals surface area contributed by atoms with Gasteiger partial charge in [-0.1, -0.05) is 11.6 Å². The highest BCUT2D eigenvalue weighted by Crippen LogP contribution is 2.25. The smallest absolute Gasteiger partial charge is 0.224 e. The van der Waals surface area contributed by atoms with Crippen molar-refractivity contribution in [1.29, 1.82) is 0 Å². The zero-order chi connectivity index (χ0) is 14.7. The Bertz CT molecular complexity index is 619. The molecule has 1 heterocycles. The number of amides is 1. The molecule has 0 saturated heterocycles. The number of aromatic nitrogens is 1. The van der Waals surface area contributed by atoms with Crippen LogP contribution in [0.2, 0.25) is 5.02 Å². The highest BCUT2D eigenvalue weighted by atomic mass is 35.5. The van der Waals surface area contributed by atoms with Crippen LogP contribution in [0.25, 0.3) is 10.9 Å². The number of aryl methyl sites for hydroxylation is 1. The van der Waals surface area contributed by atoms with E-state index in [-0.39, 0.29) is 5.91 Å². The largest absolute Gasteiger partial charge is 0.358 e. The third-order valence-electron chi connectivity index (χ3n) is 3.30. The van der Waals surface area contributed by atoms with Gasteiger partial charge in [-0.05, 0) is 44.8 Å². The maximum absolute atomic E-state index is 12.0. The lowest BCUT2D eigenvalue weighted by Crippen LogP contribution is -2.32. The number of carbonyl (C=O) groups excluding carboxylic acids is 1. The molecule has 0 saturated carbocycles. The van der Waals surface area contributed by atoms with Gasteiger partial charge in [-0.15, -0.1) is 0 Å². The summed E-state index contributed by atoms with van der Waals surface area (Å²) < 4.78 is 0. The fraction of sp³-hybridized carbons (Fsp3) is 0.400. The van der Waals surface area contributed by atoms with E-state index < -0.39 is 0 Å². The standard InChI is InChI=1S/C15H20ClN3O/c1-10-12(9-15(20)17-6-7-19(2)3)13-8-11(16)4-5-14(13)18-10/h4-5,8,18H,6-7,9H2,1-3H3,(H,17,20). The monoisotopic (exact) mass is 293 g/mol. The van der Waals surface area contributed by atoms with E-state index in [1.807, 2.05) is 44.1 Å². The molecule has 2 rings (SSSR count). The zero-order valence-corrected chi connectivity index (χ0v) is 12.8. The molecular weight excluding hydrogens is 274 g/mol. The first-order chi connectivity index (χ1) is 9.47.